The lowest BCUT2D eigenvalue weighted by Gasteiger charge is -2.06. The molecule has 0 amide bonds. The van der Waals surface area contributed by atoms with Gasteiger partial charge in [-0.05, 0) is 13.0 Å². The van der Waals surface area contributed by atoms with E-state index in [1.807, 2.05) is 6.92 Å². The average molecular weight is 248 g/mol. The van der Waals surface area contributed by atoms with Crippen LogP contribution in [0, 0.1) is 0 Å². The SMILES string of the molecule is CCNc1c(Cl)cc(Cl)c2nsnc12. The topological polar surface area (TPSA) is 37.8 Å². The van der Waals surface area contributed by atoms with Crippen LogP contribution in [0.1, 0.15) is 6.92 Å². The molecule has 0 aliphatic rings. The molecule has 2 aromatic rings. The molecular formula is C8H7Cl2N3S. The normalized spacial score (nSPS) is 10.8. The van der Waals surface area contributed by atoms with Gasteiger partial charge in [0, 0.05) is 6.54 Å². The van der Waals surface area contributed by atoms with E-state index in [0.29, 0.717) is 15.6 Å². The Labute approximate surface area is 95.4 Å². The van der Waals surface area contributed by atoms with Crippen LogP contribution < -0.4 is 5.32 Å². The van der Waals surface area contributed by atoms with Gasteiger partial charge >= 0.3 is 0 Å². The van der Waals surface area contributed by atoms with Crippen molar-refractivity contribution >= 4 is 51.7 Å². The van der Waals surface area contributed by atoms with Crippen molar-refractivity contribution in [2.75, 3.05) is 11.9 Å². The summed E-state index contributed by atoms with van der Waals surface area (Å²) in [6.45, 7) is 2.78. The van der Waals surface area contributed by atoms with E-state index in [9.17, 15) is 0 Å². The molecule has 14 heavy (non-hydrogen) atoms. The van der Waals surface area contributed by atoms with E-state index in [1.54, 1.807) is 6.07 Å². The van der Waals surface area contributed by atoms with Crippen LogP contribution in [0.5, 0.6) is 0 Å². The summed E-state index contributed by atoms with van der Waals surface area (Å²) in [5.41, 5.74) is 2.26. The van der Waals surface area contributed by atoms with E-state index in [-0.39, 0.29) is 0 Å². The lowest BCUT2D eigenvalue weighted by atomic mass is 10.2. The van der Waals surface area contributed by atoms with E-state index in [0.717, 1.165) is 29.5 Å². The van der Waals surface area contributed by atoms with E-state index >= 15 is 0 Å². The Hall–Kier alpha value is -0.580. The van der Waals surface area contributed by atoms with Crippen molar-refractivity contribution in [2.45, 2.75) is 6.92 Å². The molecule has 74 valence electrons. The fourth-order valence-corrected chi connectivity index (χ4v) is 2.40. The average Bonchev–Trinajstić information content (AvgIpc) is 2.60. The maximum Gasteiger partial charge on any atom is 0.130 e. The van der Waals surface area contributed by atoms with Crippen molar-refractivity contribution < 1.29 is 0 Å². The summed E-state index contributed by atoms with van der Waals surface area (Å²) in [7, 11) is 0. The Bertz CT molecular complexity index is 469. The van der Waals surface area contributed by atoms with Crippen LogP contribution in [0.2, 0.25) is 10.0 Å². The zero-order valence-corrected chi connectivity index (χ0v) is 9.67. The number of hydrogen-bond donors (Lipinski definition) is 1. The highest BCUT2D eigenvalue weighted by atomic mass is 35.5. The van der Waals surface area contributed by atoms with Crippen LogP contribution in [-0.2, 0) is 0 Å². The van der Waals surface area contributed by atoms with Gasteiger partial charge in [-0.25, -0.2) is 0 Å². The molecule has 0 aliphatic carbocycles. The number of hydrogen-bond acceptors (Lipinski definition) is 4. The smallest absolute Gasteiger partial charge is 0.130 e. The quantitative estimate of drug-likeness (QED) is 0.884. The molecule has 1 aromatic carbocycles. The van der Waals surface area contributed by atoms with Gasteiger partial charge in [0.1, 0.15) is 11.0 Å². The van der Waals surface area contributed by atoms with E-state index in [1.165, 1.54) is 0 Å². The molecule has 1 aromatic heterocycles. The number of rotatable bonds is 2. The van der Waals surface area contributed by atoms with Gasteiger partial charge in [0.25, 0.3) is 0 Å². The lowest BCUT2D eigenvalue weighted by Crippen LogP contribution is -1.98. The Morgan fingerprint density at radius 2 is 2.00 bits per heavy atom. The van der Waals surface area contributed by atoms with Crippen molar-refractivity contribution in [3.63, 3.8) is 0 Å². The molecule has 0 bridgehead atoms. The first-order valence-corrected chi connectivity index (χ1v) is 5.56. The number of fused-ring (bicyclic) bond motifs is 1. The van der Waals surface area contributed by atoms with Gasteiger partial charge in [0.2, 0.25) is 0 Å². The first-order chi connectivity index (χ1) is 6.74. The van der Waals surface area contributed by atoms with Gasteiger partial charge in [-0.15, -0.1) is 0 Å². The Morgan fingerprint density at radius 1 is 1.29 bits per heavy atom. The zero-order chi connectivity index (χ0) is 10.1. The number of nitrogens with zero attached hydrogens (tertiary/aromatic N) is 2. The summed E-state index contributed by atoms with van der Waals surface area (Å²) < 4.78 is 8.26. The van der Waals surface area contributed by atoms with E-state index in [2.05, 4.69) is 14.1 Å². The van der Waals surface area contributed by atoms with Crippen molar-refractivity contribution in [1.29, 1.82) is 0 Å². The van der Waals surface area contributed by atoms with Gasteiger partial charge in [0.15, 0.2) is 0 Å². The zero-order valence-electron chi connectivity index (χ0n) is 7.34. The van der Waals surface area contributed by atoms with Crippen molar-refractivity contribution in [3.8, 4) is 0 Å². The second-order valence-corrected chi connectivity index (χ2v) is 4.05. The number of aromatic nitrogens is 2. The lowest BCUT2D eigenvalue weighted by molar-refractivity contribution is 1.22. The number of anilines is 1. The molecule has 2 rings (SSSR count). The molecule has 0 saturated carbocycles. The molecule has 3 nitrogen and oxygen atoms in total. The molecule has 0 aliphatic heterocycles. The third-order valence-corrected chi connectivity index (χ3v) is 2.91. The maximum absolute atomic E-state index is 6.03. The van der Waals surface area contributed by atoms with Gasteiger partial charge < -0.3 is 5.32 Å². The van der Waals surface area contributed by atoms with Crippen LogP contribution in [0.15, 0.2) is 6.07 Å². The summed E-state index contributed by atoms with van der Waals surface area (Å²) >= 11 is 13.1. The van der Waals surface area contributed by atoms with Crippen LogP contribution in [-0.4, -0.2) is 15.3 Å². The largest absolute Gasteiger partial charge is 0.382 e. The summed E-state index contributed by atoms with van der Waals surface area (Å²) in [5, 5.41) is 4.27. The monoisotopic (exact) mass is 247 g/mol. The molecular weight excluding hydrogens is 241 g/mol. The fraction of sp³-hybridized carbons (Fsp3) is 0.250. The first-order valence-electron chi connectivity index (χ1n) is 4.08. The molecule has 0 saturated heterocycles. The predicted octanol–water partition coefficient (Wildman–Crippen LogP) is 3.43. The molecule has 1 N–H and O–H groups in total. The summed E-state index contributed by atoms with van der Waals surface area (Å²) in [6, 6.07) is 1.69. The number of benzene rings is 1. The molecule has 0 radical (unpaired) electrons. The van der Waals surface area contributed by atoms with Gasteiger partial charge in [-0.3, -0.25) is 0 Å². The highest BCUT2D eigenvalue weighted by Gasteiger charge is 2.12. The fourth-order valence-electron chi connectivity index (χ4n) is 1.22. The van der Waals surface area contributed by atoms with Crippen LogP contribution in [0.4, 0.5) is 5.69 Å². The molecule has 0 unspecified atom stereocenters. The van der Waals surface area contributed by atoms with Gasteiger partial charge in [0.05, 0.1) is 27.5 Å². The van der Waals surface area contributed by atoms with Crippen molar-refractivity contribution in [1.82, 2.24) is 8.75 Å². The van der Waals surface area contributed by atoms with Crippen molar-refractivity contribution in [3.05, 3.63) is 16.1 Å². The van der Waals surface area contributed by atoms with Crippen molar-refractivity contribution in [2.24, 2.45) is 0 Å². The summed E-state index contributed by atoms with van der Waals surface area (Å²) in [4.78, 5) is 0. The molecule has 0 fully saturated rings. The van der Waals surface area contributed by atoms with Crippen LogP contribution in [0.25, 0.3) is 11.0 Å². The maximum atomic E-state index is 6.03. The van der Waals surface area contributed by atoms with E-state index in [4.69, 9.17) is 23.2 Å². The Morgan fingerprint density at radius 3 is 2.71 bits per heavy atom. The third kappa shape index (κ3) is 1.54. The second kappa shape index (κ2) is 3.88. The number of nitrogens with one attached hydrogen (secondary N) is 1. The predicted molar refractivity (Wildman–Crippen MR) is 61.6 cm³/mol. The highest BCUT2D eigenvalue weighted by molar-refractivity contribution is 7.00. The minimum Gasteiger partial charge on any atom is -0.382 e. The highest BCUT2D eigenvalue weighted by Crippen LogP contribution is 2.34. The first kappa shape index (κ1) is 9.96. The Balaban J connectivity index is 2.73. The minimum absolute atomic E-state index is 0.542. The third-order valence-electron chi connectivity index (χ3n) is 1.80. The molecule has 0 atom stereocenters. The van der Waals surface area contributed by atoms with Crippen LogP contribution in [0.3, 0.4) is 0 Å². The molecule has 1 heterocycles. The second-order valence-electron chi connectivity index (χ2n) is 2.71. The molecule has 0 spiro atoms. The summed E-state index contributed by atoms with van der Waals surface area (Å²) in [6.07, 6.45) is 0. The van der Waals surface area contributed by atoms with Gasteiger partial charge in [-0.1, -0.05) is 23.2 Å². The Kier molecular flexibility index (Phi) is 2.76. The summed E-state index contributed by atoms with van der Waals surface area (Å²) in [5.74, 6) is 0. The number of halogens is 2. The van der Waals surface area contributed by atoms with E-state index < -0.39 is 0 Å². The van der Waals surface area contributed by atoms with Gasteiger partial charge in [-0.2, -0.15) is 8.75 Å². The molecule has 6 heteroatoms. The standard InChI is InChI=1S/C8H7Cl2N3S/c1-2-11-6-4(9)3-5(10)7-8(6)13-14-12-7/h3,11H,2H2,1H3. The minimum atomic E-state index is 0.542. The van der Waals surface area contributed by atoms with Crippen LogP contribution >= 0.6 is 34.9 Å².